The summed E-state index contributed by atoms with van der Waals surface area (Å²) in [6.07, 6.45) is 4.60. The van der Waals surface area contributed by atoms with Gasteiger partial charge in [0, 0.05) is 57.7 Å². The number of amides is 1. The van der Waals surface area contributed by atoms with E-state index >= 15 is 0 Å². The summed E-state index contributed by atoms with van der Waals surface area (Å²) < 4.78 is 0. The van der Waals surface area contributed by atoms with Crippen LogP contribution in [0.1, 0.15) is 23.2 Å². The first-order valence-corrected chi connectivity index (χ1v) is 9.90. The fraction of sp³-hybridized carbons (Fsp3) is 0.684. The maximum Gasteiger partial charge on any atom is 0.255 e. The smallest absolute Gasteiger partial charge is 0.255 e. The second-order valence-corrected chi connectivity index (χ2v) is 8.44. The predicted octanol–water partition coefficient (Wildman–Crippen LogP) is 1.19. The Hall–Kier alpha value is -1.21. The highest BCUT2D eigenvalue weighted by atomic mass is 35.5. The monoisotopic (exact) mass is 378 g/mol. The van der Waals surface area contributed by atoms with E-state index in [9.17, 15) is 9.90 Å². The Kier molecular flexibility index (Phi) is 5.19. The standard InChI is InChI=1S/C19H27ClN4O2/c1-22-4-6-23(7-5-22)17-8-13-11-24(12-14(13)9-18(17)25)19(26)15-2-3-21-10-16(15)20/h2-3,10,13-14,17-18,25H,4-9,11-12H2,1H3/t13-,14+,17-,18-/m1/s1. The zero-order chi connectivity index (χ0) is 18.3. The van der Waals surface area contributed by atoms with E-state index in [4.69, 9.17) is 11.6 Å². The molecule has 142 valence electrons. The number of nitrogens with zero attached hydrogens (tertiary/aromatic N) is 4. The van der Waals surface area contributed by atoms with Crippen LogP contribution < -0.4 is 0 Å². The zero-order valence-electron chi connectivity index (χ0n) is 15.2. The van der Waals surface area contributed by atoms with Crippen molar-refractivity contribution in [3.63, 3.8) is 0 Å². The number of likely N-dealkylation sites (tertiary alicyclic amines) is 1. The summed E-state index contributed by atoms with van der Waals surface area (Å²) in [6.45, 7) is 5.63. The lowest BCUT2D eigenvalue weighted by Crippen LogP contribution is -2.55. The van der Waals surface area contributed by atoms with E-state index in [1.165, 1.54) is 6.20 Å². The highest BCUT2D eigenvalue weighted by Gasteiger charge is 2.45. The van der Waals surface area contributed by atoms with Gasteiger partial charge < -0.3 is 14.9 Å². The summed E-state index contributed by atoms with van der Waals surface area (Å²) in [5, 5.41) is 11.1. The molecule has 4 atom stereocenters. The molecule has 4 rings (SSSR count). The number of aromatic nitrogens is 1. The number of halogens is 1. The second kappa shape index (κ2) is 7.43. The molecule has 2 aliphatic heterocycles. The number of pyridine rings is 1. The van der Waals surface area contributed by atoms with E-state index in [-0.39, 0.29) is 18.1 Å². The van der Waals surface area contributed by atoms with Crippen LogP contribution in [0.5, 0.6) is 0 Å². The molecule has 6 nitrogen and oxygen atoms in total. The van der Waals surface area contributed by atoms with Gasteiger partial charge in [0.2, 0.25) is 0 Å². The molecule has 1 N–H and O–H groups in total. The van der Waals surface area contributed by atoms with E-state index in [0.29, 0.717) is 29.0 Å². The Morgan fingerprint density at radius 2 is 1.88 bits per heavy atom. The van der Waals surface area contributed by atoms with Crippen molar-refractivity contribution in [3.05, 3.63) is 29.0 Å². The molecule has 0 unspecified atom stereocenters. The molecule has 3 heterocycles. The minimum atomic E-state index is -0.292. The van der Waals surface area contributed by atoms with Crippen LogP contribution in [0.4, 0.5) is 0 Å². The van der Waals surface area contributed by atoms with Crippen LogP contribution in [0.3, 0.4) is 0 Å². The second-order valence-electron chi connectivity index (χ2n) is 8.03. The Labute approximate surface area is 159 Å². The van der Waals surface area contributed by atoms with E-state index in [0.717, 1.165) is 45.6 Å². The van der Waals surface area contributed by atoms with Crippen molar-refractivity contribution in [2.75, 3.05) is 46.3 Å². The largest absolute Gasteiger partial charge is 0.391 e. The topological polar surface area (TPSA) is 59.9 Å². The molecule has 1 aromatic heterocycles. The molecule has 0 bridgehead atoms. The van der Waals surface area contributed by atoms with E-state index in [2.05, 4.69) is 21.8 Å². The number of aliphatic hydroxyl groups excluding tert-OH is 1. The van der Waals surface area contributed by atoms with Crippen LogP contribution in [0, 0.1) is 11.8 Å². The van der Waals surface area contributed by atoms with E-state index < -0.39 is 0 Å². The van der Waals surface area contributed by atoms with Gasteiger partial charge in [-0.2, -0.15) is 0 Å². The zero-order valence-corrected chi connectivity index (χ0v) is 16.0. The minimum absolute atomic E-state index is 0.0163. The molecule has 7 heteroatoms. The number of likely N-dealkylation sites (N-methyl/N-ethyl adjacent to an activating group) is 1. The van der Waals surface area contributed by atoms with Gasteiger partial charge in [0.1, 0.15) is 0 Å². The molecule has 2 saturated heterocycles. The molecule has 0 radical (unpaired) electrons. The lowest BCUT2D eigenvalue weighted by Gasteiger charge is -2.44. The first kappa shape index (κ1) is 18.2. The van der Waals surface area contributed by atoms with Gasteiger partial charge in [-0.1, -0.05) is 11.6 Å². The van der Waals surface area contributed by atoms with Crippen molar-refractivity contribution in [1.82, 2.24) is 19.7 Å². The number of hydrogen-bond acceptors (Lipinski definition) is 5. The average molecular weight is 379 g/mol. The Morgan fingerprint density at radius 3 is 2.58 bits per heavy atom. The fourth-order valence-electron chi connectivity index (χ4n) is 4.84. The van der Waals surface area contributed by atoms with Crippen molar-refractivity contribution in [2.24, 2.45) is 11.8 Å². The van der Waals surface area contributed by atoms with Crippen LogP contribution in [0.15, 0.2) is 18.5 Å². The normalized spacial score (nSPS) is 33.3. The number of piperazine rings is 1. The third-order valence-electron chi connectivity index (χ3n) is 6.41. The molecule has 3 fully saturated rings. The number of hydrogen-bond donors (Lipinski definition) is 1. The van der Waals surface area contributed by atoms with E-state index in [1.807, 2.05) is 4.90 Å². The maximum atomic E-state index is 12.8. The van der Waals surface area contributed by atoms with Gasteiger partial charge >= 0.3 is 0 Å². The quantitative estimate of drug-likeness (QED) is 0.837. The summed E-state index contributed by atoms with van der Waals surface area (Å²) in [5.41, 5.74) is 0.525. The fourth-order valence-corrected chi connectivity index (χ4v) is 5.04. The lowest BCUT2D eigenvalue weighted by molar-refractivity contribution is -0.0249. The third kappa shape index (κ3) is 3.48. The summed E-state index contributed by atoms with van der Waals surface area (Å²) in [4.78, 5) is 23.5. The van der Waals surface area contributed by atoms with Crippen LogP contribution in [-0.2, 0) is 0 Å². The number of aliphatic hydroxyl groups is 1. The van der Waals surface area contributed by atoms with Crippen LogP contribution >= 0.6 is 11.6 Å². The molecule has 0 spiro atoms. The molecule has 1 saturated carbocycles. The van der Waals surface area contributed by atoms with Crippen LogP contribution in [0.2, 0.25) is 5.02 Å². The minimum Gasteiger partial charge on any atom is -0.391 e. The Bertz CT molecular complexity index is 665. The van der Waals surface area contributed by atoms with Crippen molar-refractivity contribution in [3.8, 4) is 0 Å². The summed E-state index contributed by atoms with van der Waals surface area (Å²) in [7, 11) is 2.15. The van der Waals surface area contributed by atoms with Crippen molar-refractivity contribution < 1.29 is 9.90 Å². The average Bonchev–Trinajstić information content (AvgIpc) is 3.04. The van der Waals surface area contributed by atoms with Crippen molar-refractivity contribution in [2.45, 2.75) is 25.0 Å². The number of carbonyl (C=O) groups is 1. The highest BCUT2D eigenvalue weighted by Crippen LogP contribution is 2.39. The highest BCUT2D eigenvalue weighted by molar-refractivity contribution is 6.33. The maximum absolute atomic E-state index is 12.8. The molecule has 0 aromatic carbocycles. The SMILES string of the molecule is CN1CCN([C@@H]2C[C@@H]3CN(C(=O)c4ccncc4Cl)C[C@@H]3C[C@H]2O)CC1. The number of carbonyl (C=O) groups excluding carboxylic acids is 1. The van der Waals surface area contributed by atoms with Crippen LogP contribution in [0.25, 0.3) is 0 Å². The molecular weight excluding hydrogens is 352 g/mol. The Balaban J connectivity index is 1.42. The lowest BCUT2D eigenvalue weighted by atomic mass is 9.77. The molecule has 1 aromatic rings. The van der Waals surface area contributed by atoms with Gasteiger partial charge in [-0.25, -0.2) is 0 Å². The first-order valence-electron chi connectivity index (χ1n) is 9.52. The van der Waals surface area contributed by atoms with Crippen molar-refractivity contribution >= 4 is 17.5 Å². The summed E-state index contributed by atoms with van der Waals surface area (Å²) in [5.74, 6) is 0.836. The van der Waals surface area contributed by atoms with Gasteiger partial charge in [-0.15, -0.1) is 0 Å². The molecule has 1 amide bonds. The van der Waals surface area contributed by atoms with Gasteiger partial charge in [0.05, 0.1) is 16.7 Å². The van der Waals surface area contributed by atoms with Crippen LogP contribution in [-0.4, -0.2) is 89.2 Å². The molecule has 1 aliphatic carbocycles. The predicted molar refractivity (Wildman–Crippen MR) is 100 cm³/mol. The van der Waals surface area contributed by atoms with Gasteiger partial charge in [-0.05, 0) is 37.8 Å². The molecular formula is C19H27ClN4O2. The van der Waals surface area contributed by atoms with E-state index in [1.54, 1.807) is 12.3 Å². The number of rotatable bonds is 2. The van der Waals surface area contributed by atoms with Gasteiger partial charge in [0.15, 0.2) is 0 Å². The Morgan fingerprint density at radius 1 is 1.19 bits per heavy atom. The van der Waals surface area contributed by atoms with Gasteiger partial charge in [0.25, 0.3) is 5.91 Å². The van der Waals surface area contributed by atoms with Crippen molar-refractivity contribution in [1.29, 1.82) is 0 Å². The van der Waals surface area contributed by atoms with Gasteiger partial charge in [-0.3, -0.25) is 14.7 Å². The summed E-state index contributed by atoms with van der Waals surface area (Å²) >= 11 is 6.15. The molecule has 3 aliphatic rings. The summed E-state index contributed by atoms with van der Waals surface area (Å²) in [6, 6.07) is 1.92. The third-order valence-corrected chi connectivity index (χ3v) is 6.71. The number of fused-ring (bicyclic) bond motifs is 1. The first-order chi connectivity index (χ1) is 12.5. The molecule has 26 heavy (non-hydrogen) atoms.